The molecular formula is C19H21N3O. The quantitative estimate of drug-likeness (QED) is 0.766. The number of imidazole rings is 1. The molecule has 0 atom stereocenters. The van der Waals surface area contributed by atoms with Gasteiger partial charge in [-0.2, -0.15) is 0 Å². The Labute approximate surface area is 136 Å². The summed E-state index contributed by atoms with van der Waals surface area (Å²) >= 11 is 0. The first kappa shape index (κ1) is 15.3. The Bertz CT molecular complexity index is 818. The van der Waals surface area contributed by atoms with Crippen LogP contribution < -0.4 is 5.32 Å². The van der Waals surface area contributed by atoms with Gasteiger partial charge in [-0.25, -0.2) is 4.98 Å². The molecular weight excluding hydrogens is 286 g/mol. The second-order valence-electron chi connectivity index (χ2n) is 5.78. The zero-order valence-electron chi connectivity index (χ0n) is 13.5. The van der Waals surface area contributed by atoms with Gasteiger partial charge >= 0.3 is 0 Å². The molecule has 0 saturated heterocycles. The third kappa shape index (κ3) is 3.42. The highest BCUT2D eigenvalue weighted by Crippen LogP contribution is 2.14. The van der Waals surface area contributed by atoms with Crippen molar-refractivity contribution in [3.63, 3.8) is 0 Å². The molecule has 4 nitrogen and oxygen atoms in total. The fourth-order valence-electron chi connectivity index (χ4n) is 2.59. The molecule has 0 aliphatic rings. The van der Waals surface area contributed by atoms with E-state index in [1.54, 1.807) is 6.20 Å². The minimum absolute atomic E-state index is 0.186. The number of amides is 1. The van der Waals surface area contributed by atoms with Gasteiger partial charge in [-0.15, -0.1) is 0 Å². The number of aryl methyl sites for hydroxylation is 2. The van der Waals surface area contributed by atoms with Crippen LogP contribution in [0.5, 0.6) is 0 Å². The highest BCUT2D eigenvalue weighted by molar-refractivity contribution is 6.03. The predicted octanol–water partition coefficient (Wildman–Crippen LogP) is 4.24. The number of carbonyl (C=O) groups is 1. The molecule has 0 aliphatic heterocycles. The number of fused-ring (bicyclic) bond motifs is 1. The Morgan fingerprint density at radius 2 is 1.96 bits per heavy atom. The monoisotopic (exact) mass is 307 g/mol. The van der Waals surface area contributed by atoms with E-state index >= 15 is 0 Å². The van der Waals surface area contributed by atoms with E-state index in [0.717, 1.165) is 23.4 Å². The molecule has 1 aromatic carbocycles. The molecule has 4 heteroatoms. The zero-order chi connectivity index (χ0) is 16.2. The molecule has 0 fully saturated rings. The first-order valence-electron chi connectivity index (χ1n) is 8.02. The first-order chi connectivity index (χ1) is 11.2. The number of carbonyl (C=O) groups excluding carboxylic acids is 1. The van der Waals surface area contributed by atoms with E-state index in [0.29, 0.717) is 5.69 Å². The van der Waals surface area contributed by atoms with E-state index in [2.05, 4.69) is 29.4 Å². The van der Waals surface area contributed by atoms with Crippen molar-refractivity contribution in [2.75, 3.05) is 5.32 Å². The van der Waals surface area contributed by atoms with Gasteiger partial charge in [0.1, 0.15) is 11.3 Å². The maximum absolute atomic E-state index is 12.4. The molecule has 23 heavy (non-hydrogen) atoms. The molecule has 3 rings (SSSR count). The van der Waals surface area contributed by atoms with Crippen LogP contribution in [-0.4, -0.2) is 15.3 Å². The summed E-state index contributed by atoms with van der Waals surface area (Å²) in [5, 5.41) is 2.91. The summed E-state index contributed by atoms with van der Waals surface area (Å²) in [5.41, 5.74) is 4.35. The highest BCUT2D eigenvalue weighted by Gasteiger charge is 2.11. The van der Waals surface area contributed by atoms with Gasteiger partial charge in [-0.3, -0.25) is 4.79 Å². The van der Waals surface area contributed by atoms with Gasteiger partial charge in [-0.05, 0) is 49.6 Å². The molecule has 0 radical (unpaired) electrons. The Hall–Kier alpha value is -2.62. The minimum atomic E-state index is -0.186. The van der Waals surface area contributed by atoms with E-state index in [9.17, 15) is 4.79 Å². The first-order valence-corrected chi connectivity index (χ1v) is 8.02. The van der Waals surface area contributed by atoms with Gasteiger partial charge in [0.05, 0.1) is 0 Å². The van der Waals surface area contributed by atoms with Crippen molar-refractivity contribution in [1.82, 2.24) is 9.38 Å². The smallest absolute Gasteiger partial charge is 0.275 e. The standard InChI is InChI=1S/C19H21N3O/c1-3-4-7-15-9-11-16(12-10-15)20-19(23)17-13-22-14(2)6-5-8-18(22)21-17/h5-6,8-13H,3-4,7H2,1-2H3,(H,20,23). The lowest BCUT2D eigenvalue weighted by atomic mass is 10.1. The molecule has 1 N–H and O–H groups in total. The van der Waals surface area contributed by atoms with E-state index in [1.165, 1.54) is 18.4 Å². The average Bonchev–Trinajstić information content (AvgIpc) is 3.00. The van der Waals surface area contributed by atoms with Crippen LogP contribution in [0.15, 0.2) is 48.7 Å². The van der Waals surface area contributed by atoms with Gasteiger partial charge in [0.2, 0.25) is 0 Å². The molecule has 0 aliphatic carbocycles. The van der Waals surface area contributed by atoms with Crippen molar-refractivity contribution < 1.29 is 4.79 Å². The Kier molecular flexibility index (Phi) is 4.42. The topological polar surface area (TPSA) is 46.4 Å². The minimum Gasteiger partial charge on any atom is -0.321 e. The van der Waals surface area contributed by atoms with E-state index < -0.39 is 0 Å². The van der Waals surface area contributed by atoms with Gasteiger partial charge in [-0.1, -0.05) is 31.5 Å². The van der Waals surface area contributed by atoms with Crippen LogP contribution in [0.1, 0.15) is 41.5 Å². The molecule has 2 heterocycles. The maximum Gasteiger partial charge on any atom is 0.275 e. The second kappa shape index (κ2) is 6.65. The number of benzene rings is 1. The third-order valence-corrected chi connectivity index (χ3v) is 3.96. The van der Waals surface area contributed by atoms with E-state index in [-0.39, 0.29) is 5.91 Å². The third-order valence-electron chi connectivity index (χ3n) is 3.96. The van der Waals surface area contributed by atoms with Crippen LogP contribution in [-0.2, 0) is 6.42 Å². The van der Waals surface area contributed by atoms with Crippen molar-refractivity contribution in [3.8, 4) is 0 Å². The lowest BCUT2D eigenvalue weighted by molar-refractivity contribution is 0.102. The fourth-order valence-corrected chi connectivity index (χ4v) is 2.59. The number of nitrogens with zero attached hydrogens (tertiary/aromatic N) is 2. The normalized spacial score (nSPS) is 10.9. The van der Waals surface area contributed by atoms with E-state index in [4.69, 9.17) is 0 Å². The molecule has 2 aromatic heterocycles. The van der Waals surface area contributed by atoms with Crippen molar-refractivity contribution in [2.24, 2.45) is 0 Å². The van der Waals surface area contributed by atoms with Crippen LogP contribution in [0.25, 0.3) is 5.65 Å². The summed E-state index contributed by atoms with van der Waals surface area (Å²) in [6, 6.07) is 13.9. The fraction of sp³-hybridized carbons (Fsp3) is 0.263. The van der Waals surface area contributed by atoms with Crippen LogP contribution >= 0.6 is 0 Å². The van der Waals surface area contributed by atoms with Crippen molar-refractivity contribution >= 4 is 17.2 Å². The van der Waals surface area contributed by atoms with Gasteiger partial charge in [0, 0.05) is 17.6 Å². The van der Waals surface area contributed by atoms with Crippen LogP contribution in [0, 0.1) is 6.92 Å². The Balaban J connectivity index is 1.73. The van der Waals surface area contributed by atoms with Crippen molar-refractivity contribution in [1.29, 1.82) is 0 Å². The van der Waals surface area contributed by atoms with E-state index in [1.807, 2.05) is 41.7 Å². The number of rotatable bonds is 5. The summed E-state index contributed by atoms with van der Waals surface area (Å²) in [6.45, 7) is 4.18. The Morgan fingerprint density at radius 1 is 1.17 bits per heavy atom. The van der Waals surface area contributed by atoms with Gasteiger partial charge in [0.15, 0.2) is 0 Å². The summed E-state index contributed by atoms with van der Waals surface area (Å²) in [6.07, 6.45) is 5.23. The largest absolute Gasteiger partial charge is 0.321 e. The lowest BCUT2D eigenvalue weighted by Crippen LogP contribution is -2.12. The molecule has 0 saturated carbocycles. The molecule has 118 valence electrons. The lowest BCUT2D eigenvalue weighted by Gasteiger charge is -2.05. The Morgan fingerprint density at radius 3 is 2.65 bits per heavy atom. The highest BCUT2D eigenvalue weighted by atomic mass is 16.1. The van der Waals surface area contributed by atoms with Crippen molar-refractivity contribution in [3.05, 3.63) is 65.6 Å². The van der Waals surface area contributed by atoms with Crippen LogP contribution in [0.2, 0.25) is 0 Å². The number of aromatic nitrogens is 2. The number of pyridine rings is 1. The predicted molar refractivity (Wildman–Crippen MR) is 92.9 cm³/mol. The van der Waals surface area contributed by atoms with Crippen LogP contribution in [0.3, 0.4) is 0 Å². The number of nitrogens with one attached hydrogen (secondary N) is 1. The zero-order valence-corrected chi connectivity index (χ0v) is 13.5. The molecule has 0 bridgehead atoms. The molecule has 0 unspecified atom stereocenters. The number of hydrogen-bond donors (Lipinski definition) is 1. The van der Waals surface area contributed by atoms with Crippen LogP contribution in [0.4, 0.5) is 5.69 Å². The number of hydrogen-bond acceptors (Lipinski definition) is 2. The maximum atomic E-state index is 12.4. The summed E-state index contributed by atoms with van der Waals surface area (Å²) < 4.78 is 1.92. The molecule has 1 amide bonds. The second-order valence-corrected chi connectivity index (χ2v) is 5.78. The van der Waals surface area contributed by atoms with Gasteiger partial charge < -0.3 is 9.72 Å². The molecule has 0 spiro atoms. The number of anilines is 1. The van der Waals surface area contributed by atoms with Gasteiger partial charge in [0.25, 0.3) is 5.91 Å². The summed E-state index contributed by atoms with van der Waals surface area (Å²) in [5.74, 6) is -0.186. The average molecular weight is 307 g/mol. The molecule has 3 aromatic rings. The SMILES string of the molecule is CCCCc1ccc(NC(=O)c2cn3c(C)cccc3n2)cc1. The summed E-state index contributed by atoms with van der Waals surface area (Å²) in [4.78, 5) is 16.7. The summed E-state index contributed by atoms with van der Waals surface area (Å²) in [7, 11) is 0. The number of unbranched alkanes of at least 4 members (excludes halogenated alkanes) is 1. The van der Waals surface area contributed by atoms with Crippen molar-refractivity contribution in [2.45, 2.75) is 33.1 Å².